The SMILES string of the molecule is CCN(CCCN=C(N(C)C)N(C)C)c1ccccc1.I. The Kier molecular flexibility index (Phi) is 10.2. The lowest BCUT2D eigenvalue weighted by Crippen LogP contribution is -2.35. The van der Waals surface area contributed by atoms with Crippen molar-refractivity contribution in [1.29, 1.82) is 0 Å². The molecule has 0 heterocycles. The first-order valence-electron chi connectivity index (χ1n) is 7.25. The molecule has 4 nitrogen and oxygen atoms in total. The Bertz CT molecular complexity index is 394. The predicted molar refractivity (Wildman–Crippen MR) is 104 cm³/mol. The Morgan fingerprint density at radius 1 is 1.00 bits per heavy atom. The second-order valence-electron chi connectivity index (χ2n) is 5.24. The molecule has 0 amide bonds. The summed E-state index contributed by atoms with van der Waals surface area (Å²) >= 11 is 0. The number of para-hydroxylation sites is 1. The Balaban J connectivity index is 0.00000400. The molecule has 21 heavy (non-hydrogen) atoms. The largest absolute Gasteiger partial charge is 0.372 e. The van der Waals surface area contributed by atoms with Crippen LogP contribution in [0.3, 0.4) is 0 Å². The summed E-state index contributed by atoms with van der Waals surface area (Å²) < 4.78 is 0. The average Bonchev–Trinajstić information content (AvgIpc) is 2.43. The zero-order chi connectivity index (χ0) is 15.0. The molecule has 0 saturated heterocycles. The molecule has 0 bridgehead atoms. The van der Waals surface area contributed by atoms with Gasteiger partial charge in [-0.25, -0.2) is 0 Å². The predicted octanol–water partition coefficient (Wildman–Crippen LogP) is 3.00. The fourth-order valence-corrected chi connectivity index (χ4v) is 2.23. The number of hydrogen-bond donors (Lipinski definition) is 0. The number of hydrogen-bond acceptors (Lipinski definition) is 2. The molecule has 0 aromatic heterocycles. The minimum Gasteiger partial charge on any atom is -0.372 e. The number of anilines is 1. The molecule has 0 atom stereocenters. The van der Waals surface area contributed by atoms with Gasteiger partial charge in [-0.1, -0.05) is 18.2 Å². The summed E-state index contributed by atoms with van der Waals surface area (Å²) in [5.41, 5.74) is 1.29. The number of guanidine groups is 1. The van der Waals surface area contributed by atoms with E-state index in [0.29, 0.717) is 0 Å². The third-order valence-electron chi connectivity index (χ3n) is 3.14. The number of benzene rings is 1. The molecule has 1 aromatic rings. The van der Waals surface area contributed by atoms with Crippen molar-refractivity contribution in [3.05, 3.63) is 30.3 Å². The van der Waals surface area contributed by atoms with E-state index in [-0.39, 0.29) is 24.0 Å². The normalized spacial score (nSPS) is 9.57. The van der Waals surface area contributed by atoms with Crippen molar-refractivity contribution in [2.24, 2.45) is 4.99 Å². The quantitative estimate of drug-likeness (QED) is 0.315. The van der Waals surface area contributed by atoms with Crippen molar-refractivity contribution in [2.45, 2.75) is 13.3 Å². The van der Waals surface area contributed by atoms with Crippen LogP contribution in [-0.4, -0.2) is 63.6 Å². The van der Waals surface area contributed by atoms with Crippen LogP contribution in [0.2, 0.25) is 0 Å². The lowest BCUT2D eigenvalue weighted by atomic mass is 10.2. The number of aliphatic imine (C=N–C) groups is 1. The topological polar surface area (TPSA) is 22.1 Å². The zero-order valence-electron chi connectivity index (χ0n) is 13.9. The molecule has 0 saturated carbocycles. The molecule has 0 fully saturated rings. The molecule has 0 aliphatic rings. The zero-order valence-corrected chi connectivity index (χ0v) is 16.2. The van der Waals surface area contributed by atoms with Gasteiger partial charge in [-0.05, 0) is 25.5 Å². The molecule has 1 aromatic carbocycles. The van der Waals surface area contributed by atoms with E-state index in [1.54, 1.807) is 0 Å². The van der Waals surface area contributed by atoms with Gasteiger partial charge in [0.25, 0.3) is 0 Å². The number of nitrogens with zero attached hydrogens (tertiary/aromatic N) is 4. The van der Waals surface area contributed by atoms with Crippen molar-refractivity contribution in [3.8, 4) is 0 Å². The van der Waals surface area contributed by atoms with Gasteiger partial charge in [0.05, 0.1) is 0 Å². The highest BCUT2D eigenvalue weighted by atomic mass is 127. The molecule has 120 valence electrons. The third kappa shape index (κ3) is 7.02. The van der Waals surface area contributed by atoms with E-state index < -0.39 is 0 Å². The van der Waals surface area contributed by atoms with Crippen LogP contribution in [-0.2, 0) is 0 Å². The van der Waals surface area contributed by atoms with Crippen LogP contribution in [0, 0.1) is 0 Å². The molecular formula is C16H29IN4. The summed E-state index contributed by atoms with van der Waals surface area (Å²) in [6.07, 6.45) is 1.06. The highest BCUT2D eigenvalue weighted by Crippen LogP contribution is 2.12. The fraction of sp³-hybridized carbons (Fsp3) is 0.562. The first kappa shape index (κ1) is 20.0. The molecule has 5 heteroatoms. The van der Waals surface area contributed by atoms with Crippen molar-refractivity contribution in [2.75, 3.05) is 52.7 Å². The summed E-state index contributed by atoms with van der Waals surface area (Å²) in [4.78, 5) is 11.2. The Labute approximate surface area is 146 Å². The van der Waals surface area contributed by atoms with E-state index in [9.17, 15) is 0 Å². The molecule has 0 radical (unpaired) electrons. The first-order valence-corrected chi connectivity index (χ1v) is 7.25. The first-order chi connectivity index (χ1) is 9.56. The summed E-state index contributed by atoms with van der Waals surface area (Å²) in [7, 11) is 8.12. The molecule has 0 aliphatic carbocycles. The molecule has 0 aliphatic heterocycles. The van der Waals surface area contributed by atoms with Crippen LogP contribution in [0.4, 0.5) is 5.69 Å². The average molecular weight is 404 g/mol. The lowest BCUT2D eigenvalue weighted by Gasteiger charge is -2.24. The second-order valence-corrected chi connectivity index (χ2v) is 5.24. The van der Waals surface area contributed by atoms with E-state index in [1.165, 1.54) is 5.69 Å². The summed E-state index contributed by atoms with van der Waals surface area (Å²) in [5.74, 6) is 1.02. The lowest BCUT2D eigenvalue weighted by molar-refractivity contribution is 0.479. The maximum absolute atomic E-state index is 4.66. The van der Waals surface area contributed by atoms with E-state index in [4.69, 9.17) is 0 Å². The minimum atomic E-state index is 0. The Morgan fingerprint density at radius 2 is 1.57 bits per heavy atom. The Hall–Kier alpha value is -0.980. The summed E-state index contributed by atoms with van der Waals surface area (Å²) in [6, 6.07) is 10.6. The van der Waals surface area contributed by atoms with Gasteiger partial charge in [0.1, 0.15) is 0 Å². The van der Waals surface area contributed by atoms with Crippen LogP contribution in [0.25, 0.3) is 0 Å². The van der Waals surface area contributed by atoms with Gasteiger partial charge in [-0.3, -0.25) is 4.99 Å². The van der Waals surface area contributed by atoms with Crippen molar-refractivity contribution in [3.63, 3.8) is 0 Å². The van der Waals surface area contributed by atoms with E-state index in [2.05, 4.69) is 56.9 Å². The van der Waals surface area contributed by atoms with E-state index in [0.717, 1.165) is 32.0 Å². The van der Waals surface area contributed by atoms with Gasteiger partial charge in [0.15, 0.2) is 5.96 Å². The summed E-state index contributed by atoms with van der Waals surface area (Å²) in [6.45, 7) is 5.12. The fourth-order valence-electron chi connectivity index (χ4n) is 2.23. The standard InChI is InChI=1S/C16H28N4.HI/c1-6-20(15-11-8-7-9-12-15)14-10-13-17-16(18(2)3)19(4)5;/h7-9,11-12H,6,10,13-14H2,1-5H3;1H. The minimum absolute atomic E-state index is 0. The Morgan fingerprint density at radius 3 is 2.05 bits per heavy atom. The van der Waals surface area contributed by atoms with Crippen molar-refractivity contribution in [1.82, 2.24) is 9.80 Å². The molecular weight excluding hydrogens is 375 g/mol. The van der Waals surface area contributed by atoms with Gasteiger partial charge in [0.2, 0.25) is 0 Å². The maximum atomic E-state index is 4.66. The van der Waals surface area contributed by atoms with Crippen LogP contribution >= 0.6 is 24.0 Å². The molecule has 0 spiro atoms. The molecule has 1 rings (SSSR count). The number of halogens is 1. The van der Waals surface area contributed by atoms with Crippen molar-refractivity contribution < 1.29 is 0 Å². The second kappa shape index (κ2) is 10.7. The van der Waals surface area contributed by atoms with Crippen LogP contribution in [0.1, 0.15) is 13.3 Å². The third-order valence-corrected chi connectivity index (χ3v) is 3.14. The van der Waals surface area contributed by atoms with Crippen molar-refractivity contribution >= 4 is 35.6 Å². The summed E-state index contributed by atoms with van der Waals surface area (Å²) in [5, 5.41) is 0. The molecule has 0 unspecified atom stereocenters. The highest BCUT2D eigenvalue weighted by molar-refractivity contribution is 14.0. The van der Waals surface area contributed by atoms with E-state index in [1.807, 2.05) is 28.2 Å². The van der Waals surface area contributed by atoms with Crippen LogP contribution in [0.5, 0.6) is 0 Å². The highest BCUT2D eigenvalue weighted by Gasteiger charge is 2.05. The van der Waals surface area contributed by atoms with Gasteiger partial charge in [-0.15, -0.1) is 24.0 Å². The van der Waals surface area contributed by atoms with Crippen LogP contribution < -0.4 is 4.90 Å². The smallest absolute Gasteiger partial charge is 0.195 e. The van der Waals surface area contributed by atoms with E-state index >= 15 is 0 Å². The van der Waals surface area contributed by atoms with Crippen LogP contribution in [0.15, 0.2) is 35.3 Å². The van der Waals surface area contributed by atoms with Gasteiger partial charge >= 0.3 is 0 Å². The molecule has 0 N–H and O–H groups in total. The maximum Gasteiger partial charge on any atom is 0.195 e. The number of rotatable bonds is 6. The monoisotopic (exact) mass is 404 g/mol. The van der Waals surface area contributed by atoms with Gasteiger partial charge < -0.3 is 14.7 Å². The van der Waals surface area contributed by atoms with Gasteiger partial charge in [0, 0.05) is 53.5 Å². The van der Waals surface area contributed by atoms with Gasteiger partial charge in [-0.2, -0.15) is 0 Å².